The Hall–Kier alpha value is -0.443. The summed E-state index contributed by atoms with van der Waals surface area (Å²) in [6.45, 7) is 5.45. The van der Waals surface area contributed by atoms with Crippen LogP contribution in [0.25, 0.3) is 0 Å². The maximum Gasteiger partial charge on any atom is 0.190 e. The van der Waals surface area contributed by atoms with Crippen LogP contribution in [0, 0.1) is 0 Å². The van der Waals surface area contributed by atoms with E-state index >= 15 is 0 Å². The molecule has 0 saturated carbocycles. The Balaban J connectivity index is 3.94. The lowest BCUT2D eigenvalue weighted by Gasteiger charge is -2.02. The van der Waals surface area contributed by atoms with Crippen molar-refractivity contribution in [2.75, 3.05) is 0 Å². The van der Waals surface area contributed by atoms with Crippen LogP contribution in [0.5, 0.6) is 0 Å². The van der Waals surface area contributed by atoms with Gasteiger partial charge in [0.25, 0.3) is 0 Å². The largest absolute Gasteiger partial charge is 0.305 e. The molecule has 0 aliphatic heterocycles. The van der Waals surface area contributed by atoms with E-state index in [-0.39, 0.29) is 10.8 Å². The molecule has 0 unspecified atom stereocenters. The second kappa shape index (κ2) is 4.38. The zero-order chi connectivity index (χ0) is 8.15. The summed E-state index contributed by atoms with van der Waals surface area (Å²) in [5.41, 5.74) is 0. The van der Waals surface area contributed by atoms with Crippen molar-refractivity contribution in [2.24, 2.45) is 0 Å². The maximum absolute atomic E-state index is 11.0. The average Bonchev–Trinajstić information content (AvgIpc) is 2.00. The van der Waals surface area contributed by atoms with Crippen molar-refractivity contribution in [3.63, 3.8) is 0 Å². The minimum absolute atomic E-state index is 0.187. The van der Waals surface area contributed by atoms with E-state index in [1.54, 1.807) is 0 Å². The van der Waals surface area contributed by atoms with E-state index in [0.29, 0.717) is 12.8 Å². The summed E-state index contributed by atoms with van der Waals surface area (Å²) in [6, 6.07) is 0. The highest BCUT2D eigenvalue weighted by atomic mass is 28.3. The molecule has 3 heteroatoms. The molecule has 0 atom stereocenters. The van der Waals surface area contributed by atoms with Gasteiger partial charge >= 0.3 is 0 Å². The summed E-state index contributed by atoms with van der Waals surface area (Å²) in [5, 5.41) is 0.374. The Morgan fingerprint density at radius 3 is 1.60 bits per heavy atom. The molecule has 0 aliphatic rings. The zero-order valence-corrected chi connectivity index (χ0v) is 7.96. The van der Waals surface area contributed by atoms with E-state index in [9.17, 15) is 9.59 Å². The summed E-state index contributed by atoms with van der Waals surface area (Å²) in [6.07, 6.45) is 1.05. The highest BCUT2D eigenvalue weighted by Crippen LogP contribution is 1.94. The first kappa shape index (κ1) is 9.56. The van der Waals surface area contributed by atoms with E-state index in [4.69, 9.17) is 0 Å². The van der Waals surface area contributed by atoms with Gasteiger partial charge in [0.15, 0.2) is 8.80 Å². The molecule has 0 aromatic carbocycles. The van der Waals surface area contributed by atoms with E-state index in [1.165, 1.54) is 0 Å². The van der Waals surface area contributed by atoms with Gasteiger partial charge in [0, 0.05) is 0 Å². The molecule has 10 heavy (non-hydrogen) atoms. The van der Waals surface area contributed by atoms with Crippen molar-refractivity contribution in [1.82, 2.24) is 0 Å². The predicted molar refractivity (Wildman–Crippen MR) is 43.6 cm³/mol. The maximum atomic E-state index is 11.0. The third kappa shape index (κ3) is 2.43. The summed E-state index contributed by atoms with van der Waals surface area (Å²) < 4.78 is 0. The molecule has 0 aromatic rings. The minimum Gasteiger partial charge on any atom is -0.305 e. The van der Waals surface area contributed by atoms with E-state index < -0.39 is 8.80 Å². The molecule has 0 saturated heterocycles. The minimum atomic E-state index is -1.67. The van der Waals surface area contributed by atoms with Gasteiger partial charge < -0.3 is 9.59 Å². The molecule has 0 bridgehead atoms. The average molecular weight is 158 g/mol. The fourth-order valence-electron chi connectivity index (χ4n) is 0.792. The van der Waals surface area contributed by atoms with Crippen LogP contribution < -0.4 is 0 Å². The molecule has 0 fully saturated rings. The SMILES string of the molecule is CCC(=O)[SiH](C)C(=O)CC. The van der Waals surface area contributed by atoms with Crippen molar-refractivity contribution in [3.8, 4) is 0 Å². The number of carbonyl (C=O) groups excluding carboxylic acids is 2. The summed E-state index contributed by atoms with van der Waals surface area (Å²) in [5.74, 6) is 0. The van der Waals surface area contributed by atoms with Gasteiger partial charge in [-0.3, -0.25) is 0 Å². The van der Waals surface area contributed by atoms with Gasteiger partial charge in [0.05, 0.1) is 0 Å². The lowest BCUT2D eigenvalue weighted by atomic mass is 10.5. The predicted octanol–water partition coefficient (Wildman–Crippen LogP) is 0.880. The van der Waals surface area contributed by atoms with Gasteiger partial charge in [-0.1, -0.05) is 20.4 Å². The number of hydrogen-bond donors (Lipinski definition) is 0. The van der Waals surface area contributed by atoms with Crippen LogP contribution in [0.15, 0.2) is 0 Å². The van der Waals surface area contributed by atoms with Gasteiger partial charge in [0.2, 0.25) is 0 Å². The van der Waals surface area contributed by atoms with Crippen molar-refractivity contribution in [3.05, 3.63) is 0 Å². The molecule has 0 aromatic heterocycles. The van der Waals surface area contributed by atoms with Crippen LogP contribution in [-0.2, 0) is 9.59 Å². The van der Waals surface area contributed by atoms with E-state index in [1.807, 2.05) is 20.4 Å². The first-order chi connectivity index (χ1) is 4.63. The second-order valence-electron chi connectivity index (χ2n) is 2.36. The van der Waals surface area contributed by atoms with Crippen LogP contribution >= 0.6 is 0 Å². The second-order valence-corrected chi connectivity index (χ2v) is 5.09. The normalized spacial score (nSPS) is 10.0. The molecule has 0 spiro atoms. The molecule has 0 heterocycles. The molecule has 0 rings (SSSR count). The molecule has 0 amide bonds. The first-order valence-electron chi connectivity index (χ1n) is 3.68. The third-order valence-corrected chi connectivity index (χ3v) is 4.41. The van der Waals surface area contributed by atoms with Crippen LogP contribution in [0.1, 0.15) is 26.7 Å². The summed E-state index contributed by atoms with van der Waals surface area (Å²) in [4.78, 5) is 21.9. The van der Waals surface area contributed by atoms with Gasteiger partial charge in [-0.05, 0) is 12.8 Å². The van der Waals surface area contributed by atoms with Gasteiger partial charge in [-0.15, -0.1) is 0 Å². The smallest absolute Gasteiger partial charge is 0.190 e. The molecule has 0 radical (unpaired) electrons. The van der Waals surface area contributed by atoms with Crippen LogP contribution in [0.2, 0.25) is 6.55 Å². The quantitative estimate of drug-likeness (QED) is 0.569. The third-order valence-electron chi connectivity index (χ3n) is 1.66. The Labute approximate surface area is 63.2 Å². The topological polar surface area (TPSA) is 34.1 Å². The van der Waals surface area contributed by atoms with E-state index in [2.05, 4.69) is 0 Å². The van der Waals surface area contributed by atoms with Crippen molar-refractivity contribution in [2.45, 2.75) is 33.2 Å². The van der Waals surface area contributed by atoms with Gasteiger partial charge in [0.1, 0.15) is 10.8 Å². The highest BCUT2D eigenvalue weighted by Gasteiger charge is 2.19. The fraction of sp³-hybridized carbons (Fsp3) is 0.714. The molecule has 0 aliphatic carbocycles. The standard InChI is InChI=1S/C7H14O2Si/c1-4-6(8)10(3)7(9)5-2/h10H,4-5H2,1-3H3. The van der Waals surface area contributed by atoms with Crippen LogP contribution in [0.3, 0.4) is 0 Å². The molecule has 0 N–H and O–H groups in total. The Morgan fingerprint density at radius 1 is 1.10 bits per heavy atom. The monoisotopic (exact) mass is 158 g/mol. The lowest BCUT2D eigenvalue weighted by Crippen LogP contribution is -2.31. The fourth-order valence-corrected chi connectivity index (χ4v) is 2.38. The van der Waals surface area contributed by atoms with Gasteiger partial charge in [-0.25, -0.2) is 0 Å². The Bertz CT molecular complexity index is 127. The highest BCUT2D eigenvalue weighted by molar-refractivity contribution is 7.10. The van der Waals surface area contributed by atoms with Crippen molar-refractivity contribution < 1.29 is 9.59 Å². The Morgan fingerprint density at radius 2 is 1.40 bits per heavy atom. The number of hydrogen-bond acceptors (Lipinski definition) is 2. The van der Waals surface area contributed by atoms with Gasteiger partial charge in [-0.2, -0.15) is 0 Å². The van der Waals surface area contributed by atoms with E-state index in [0.717, 1.165) is 0 Å². The molecule has 58 valence electrons. The lowest BCUT2D eigenvalue weighted by molar-refractivity contribution is -0.115. The molecular formula is C7H14O2Si. The zero-order valence-electron chi connectivity index (χ0n) is 6.81. The number of rotatable bonds is 4. The first-order valence-corrected chi connectivity index (χ1v) is 5.99. The van der Waals surface area contributed by atoms with Crippen LogP contribution in [0.4, 0.5) is 0 Å². The van der Waals surface area contributed by atoms with Crippen LogP contribution in [-0.4, -0.2) is 19.6 Å². The number of carbonyl (C=O) groups is 2. The van der Waals surface area contributed by atoms with Crippen molar-refractivity contribution in [1.29, 1.82) is 0 Å². The molecule has 2 nitrogen and oxygen atoms in total. The van der Waals surface area contributed by atoms with Crippen molar-refractivity contribution >= 4 is 19.6 Å². The summed E-state index contributed by atoms with van der Waals surface area (Å²) in [7, 11) is -1.67. The molecular weight excluding hydrogens is 144 g/mol. The summed E-state index contributed by atoms with van der Waals surface area (Å²) >= 11 is 0. The Kier molecular flexibility index (Phi) is 4.19.